The minimum absolute atomic E-state index is 0. The van der Waals surface area contributed by atoms with Gasteiger partial charge in [-0.25, -0.2) is 0 Å². The zero-order valence-corrected chi connectivity index (χ0v) is 6.02. The van der Waals surface area contributed by atoms with Crippen LogP contribution in [0, 0.1) is 0 Å². The van der Waals surface area contributed by atoms with Gasteiger partial charge >= 0.3 is 29.6 Å². The number of hydrogen-bond acceptors (Lipinski definition) is 4. The third kappa shape index (κ3) is 6.98. The van der Waals surface area contributed by atoms with Crippen molar-refractivity contribution in [3.8, 4) is 0 Å². The second-order valence-corrected chi connectivity index (χ2v) is 3.32. The first-order valence-corrected chi connectivity index (χ1v) is 4.18. The van der Waals surface area contributed by atoms with E-state index in [-0.39, 0.29) is 48.5 Å². The Hall–Kier alpha value is 0.870. The Balaban J connectivity index is 0. The molecule has 0 bridgehead atoms. The van der Waals surface area contributed by atoms with Crippen LogP contribution in [0.4, 0.5) is 0 Å². The van der Waals surface area contributed by atoms with Gasteiger partial charge in [-0.2, -0.15) is 8.42 Å². The van der Waals surface area contributed by atoms with Crippen molar-refractivity contribution in [2.45, 2.75) is 6.92 Å². The maximum atomic E-state index is 10.4. The summed E-state index contributed by atoms with van der Waals surface area (Å²) in [6, 6.07) is 0. The van der Waals surface area contributed by atoms with Crippen molar-refractivity contribution in [2.75, 3.05) is 19.0 Å². The summed E-state index contributed by atoms with van der Waals surface area (Å²) in [5.41, 5.74) is 0. The van der Waals surface area contributed by atoms with Gasteiger partial charge in [0.25, 0.3) is 10.1 Å². The first kappa shape index (κ1) is 13.5. The fourth-order valence-corrected chi connectivity index (χ4v) is 0.743. The summed E-state index contributed by atoms with van der Waals surface area (Å²) in [5, 5.41) is 8.14. The molecule has 0 aliphatic rings. The normalized spacial score (nSPS) is 10.6. The van der Waals surface area contributed by atoms with Crippen LogP contribution in [0.1, 0.15) is 6.92 Å². The van der Waals surface area contributed by atoms with Crippen LogP contribution >= 0.6 is 0 Å². The van der Waals surface area contributed by atoms with E-state index in [4.69, 9.17) is 5.11 Å². The molecule has 0 aliphatic heterocycles. The first-order chi connectivity index (χ1) is 4.12. The molecule has 0 aromatic rings. The Morgan fingerprint density at radius 1 is 1.50 bits per heavy atom. The molecule has 0 atom stereocenters. The Bertz CT molecular complexity index is 153. The molecule has 0 aliphatic carbocycles. The number of hydrogen-bond donors (Lipinski definition) is 1. The zero-order chi connectivity index (χ0) is 7.33. The summed E-state index contributed by atoms with van der Waals surface area (Å²) >= 11 is 0. The minimum atomic E-state index is -3.34. The van der Waals surface area contributed by atoms with Gasteiger partial charge in [-0.05, 0) is 6.92 Å². The SMILES string of the molecule is CCS(=O)(=O)OCCO.[NaH]. The summed E-state index contributed by atoms with van der Waals surface area (Å²) in [5.74, 6) is -0.0486. The topological polar surface area (TPSA) is 63.6 Å². The molecule has 0 heterocycles. The van der Waals surface area contributed by atoms with E-state index in [0.717, 1.165) is 0 Å². The molecule has 10 heavy (non-hydrogen) atoms. The van der Waals surface area contributed by atoms with Crippen LogP contribution in [0.15, 0.2) is 0 Å². The summed E-state index contributed by atoms with van der Waals surface area (Å²) < 4.78 is 25.1. The van der Waals surface area contributed by atoms with E-state index < -0.39 is 10.1 Å². The molecule has 1 N–H and O–H groups in total. The average Bonchev–Trinajstić information content (AvgIpc) is 1.84. The van der Waals surface area contributed by atoms with Crippen molar-refractivity contribution in [1.82, 2.24) is 0 Å². The molecule has 0 saturated carbocycles. The Morgan fingerprint density at radius 3 is 2.30 bits per heavy atom. The predicted octanol–water partition coefficient (Wildman–Crippen LogP) is -1.30. The van der Waals surface area contributed by atoms with E-state index in [1.165, 1.54) is 6.92 Å². The molecule has 0 aromatic carbocycles. The number of rotatable bonds is 4. The van der Waals surface area contributed by atoms with Crippen LogP contribution in [0.3, 0.4) is 0 Å². The van der Waals surface area contributed by atoms with Gasteiger partial charge in [0.05, 0.1) is 19.0 Å². The molecule has 0 radical (unpaired) electrons. The summed E-state index contributed by atoms with van der Waals surface area (Å²) in [6.07, 6.45) is 0. The van der Waals surface area contributed by atoms with Gasteiger partial charge in [0.15, 0.2) is 0 Å². The number of aliphatic hydroxyl groups is 1. The fraction of sp³-hybridized carbons (Fsp3) is 1.00. The van der Waals surface area contributed by atoms with E-state index in [1.54, 1.807) is 0 Å². The van der Waals surface area contributed by atoms with Gasteiger partial charge in [0, 0.05) is 0 Å². The molecule has 0 rings (SSSR count). The van der Waals surface area contributed by atoms with Crippen LogP contribution in [-0.2, 0) is 14.3 Å². The molecule has 0 fully saturated rings. The van der Waals surface area contributed by atoms with Gasteiger partial charge in [0.2, 0.25) is 0 Å². The molecular weight excluding hydrogens is 167 g/mol. The van der Waals surface area contributed by atoms with Crippen LogP contribution in [0.25, 0.3) is 0 Å². The Labute approximate surface area is 83.0 Å². The van der Waals surface area contributed by atoms with Crippen LogP contribution in [0.5, 0.6) is 0 Å². The van der Waals surface area contributed by atoms with Gasteiger partial charge in [-0.15, -0.1) is 0 Å². The van der Waals surface area contributed by atoms with Gasteiger partial charge in [-0.3, -0.25) is 4.18 Å². The van der Waals surface area contributed by atoms with Crippen molar-refractivity contribution in [1.29, 1.82) is 0 Å². The van der Waals surface area contributed by atoms with E-state index in [9.17, 15) is 8.42 Å². The molecule has 4 nitrogen and oxygen atoms in total. The zero-order valence-electron chi connectivity index (χ0n) is 5.20. The molecule has 0 unspecified atom stereocenters. The summed E-state index contributed by atoms with van der Waals surface area (Å²) in [4.78, 5) is 0. The predicted molar refractivity (Wildman–Crippen MR) is 39.6 cm³/mol. The fourth-order valence-electron chi connectivity index (χ4n) is 0.248. The molecule has 0 saturated heterocycles. The van der Waals surface area contributed by atoms with Crippen molar-refractivity contribution < 1.29 is 17.7 Å². The third-order valence-corrected chi connectivity index (χ3v) is 1.94. The van der Waals surface area contributed by atoms with Crippen LogP contribution < -0.4 is 0 Å². The Morgan fingerprint density at radius 2 is 2.00 bits per heavy atom. The van der Waals surface area contributed by atoms with Crippen molar-refractivity contribution in [2.24, 2.45) is 0 Å². The molecule has 0 aromatic heterocycles. The van der Waals surface area contributed by atoms with Crippen LogP contribution in [0.2, 0.25) is 0 Å². The van der Waals surface area contributed by atoms with E-state index in [1.807, 2.05) is 0 Å². The van der Waals surface area contributed by atoms with Gasteiger partial charge < -0.3 is 5.11 Å². The van der Waals surface area contributed by atoms with Crippen molar-refractivity contribution in [3.63, 3.8) is 0 Å². The molecule has 6 heteroatoms. The summed E-state index contributed by atoms with van der Waals surface area (Å²) in [6.45, 7) is 1.07. The van der Waals surface area contributed by atoms with Gasteiger partial charge in [-0.1, -0.05) is 0 Å². The molecule has 0 spiro atoms. The second kappa shape index (κ2) is 6.57. The standard InChI is InChI=1S/C4H10O4S.Na.H/c1-2-9(6,7)8-4-3-5;;/h5H,2-4H2,1H3;;. The monoisotopic (exact) mass is 178 g/mol. The third-order valence-electron chi connectivity index (χ3n) is 0.708. The Kier molecular flexibility index (Phi) is 8.85. The quantitative estimate of drug-likeness (QED) is 0.429. The molecular formula is C4H11NaO4S. The van der Waals surface area contributed by atoms with Crippen molar-refractivity contribution in [3.05, 3.63) is 0 Å². The van der Waals surface area contributed by atoms with E-state index in [0.29, 0.717) is 0 Å². The molecule has 58 valence electrons. The summed E-state index contributed by atoms with van der Waals surface area (Å²) in [7, 11) is -3.34. The second-order valence-electron chi connectivity index (χ2n) is 1.39. The maximum absolute atomic E-state index is 10.4. The van der Waals surface area contributed by atoms with E-state index >= 15 is 0 Å². The van der Waals surface area contributed by atoms with Crippen molar-refractivity contribution >= 4 is 39.7 Å². The van der Waals surface area contributed by atoms with E-state index in [2.05, 4.69) is 4.18 Å². The average molecular weight is 178 g/mol. The van der Waals surface area contributed by atoms with Crippen LogP contribution in [-0.4, -0.2) is 62.0 Å². The number of aliphatic hydroxyl groups excluding tert-OH is 1. The first-order valence-electron chi connectivity index (χ1n) is 2.60. The molecule has 0 amide bonds. The van der Waals surface area contributed by atoms with Gasteiger partial charge in [0.1, 0.15) is 0 Å².